The molecule has 0 unspecified atom stereocenters. The second kappa shape index (κ2) is 7.12. The summed E-state index contributed by atoms with van der Waals surface area (Å²) in [6, 6.07) is 7.59. The summed E-state index contributed by atoms with van der Waals surface area (Å²) in [5.74, 6) is 0.0928. The molecular weight excluding hydrogens is 228 g/mol. The monoisotopic (exact) mass is 244 g/mol. The van der Waals surface area contributed by atoms with Crippen LogP contribution in [0.1, 0.15) is 11.1 Å². The molecule has 0 heterocycles. The maximum atomic E-state index is 10.9. The van der Waals surface area contributed by atoms with Crippen LogP contribution in [0.25, 0.3) is 0 Å². The van der Waals surface area contributed by atoms with Crippen molar-refractivity contribution in [3.8, 4) is 0 Å². The van der Waals surface area contributed by atoms with Crippen molar-refractivity contribution in [2.45, 2.75) is 13.2 Å². The molecule has 0 spiro atoms. The molecule has 3 nitrogen and oxygen atoms in total. The predicted molar refractivity (Wildman–Crippen MR) is 70.6 cm³/mol. The van der Waals surface area contributed by atoms with Crippen LogP contribution in [0, 0.1) is 0 Å². The molecule has 0 aliphatic rings. The van der Waals surface area contributed by atoms with Crippen LogP contribution < -0.4 is 0 Å². The molecule has 0 radical (unpaired) electrons. The first-order valence-electron chi connectivity index (χ1n) is 5.47. The third-order valence-electron chi connectivity index (χ3n) is 2.19. The van der Waals surface area contributed by atoms with Crippen molar-refractivity contribution in [2.75, 3.05) is 0 Å². The van der Waals surface area contributed by atoms with Gasteiger partial charge in [0.1, 0.15) is 19.0 Å². The Labute approximate surface area is 107 Å². The smallest absolute Gasteiger partial charge is 0.330 e. The minimum Gasteiger partial charge on any atom is -0.490 e. The molecule has 0 aliphatic heterocycles. The molecule has 1 rings (SSSR count). The number of rotatable bonds is 7. The van der Waals surface area contributed by atoms with Crippen LogP contribution in [0.4, 0.5) is 0 Å². The molecule has 3 heteroatoms. The summed E-state index contributed by atoms with van der Waals surface area (Å²) in [6.07, 6.45) is 2.69. The Bertz CT molecular complexity index is 421. The molecule has 0 amide bonds. The predicted octanol–water partition coefficient (Wildman–Crippen LogP) is 3.13. The van der Waals surface area contributed by atoms with E-state index in [9.17, 15) is 4.79 Å². The Hall–Kier alpha value is -2.29. The van der Waals surface area contributed by atoms with Gasteiger partial charge in [0.15, 0.2) is 0 Å². The maximum Gasteiger partial charge on any atom is 0.330 e. The summed E-state index contributed by atoms with van der Waals surface area (Å²) in [6.45, 7) is 11.2. The Kier molecular flexibility index (Phi) is 5.45. The summed E-state index contributed by atoms with van der Waals surface area (Å²) in [7, 11) is 0. The highest BCUT2D eigenvalue weighted by Crippen LogP contribution is 2.10. The molecule has 1 aromatic carbocycles. The van der Waals surface area contributed by atoms with Crippen LogP contribution in [-0.4, -0.2) is 5.97 Å². The van der Waals surface area contributed by atoms with Crippen LogP contribution in [0.5, 0.6) is 0 Å². The SMILES string of the molecule is C=CC(=C)OCc1cccc(COC(=O)C=C)c1. The first-order chi connectivity index (χ1) is 8.65. The van der Waals surface area contributed by atoms with Gasteiger partial charge in [-0.15, -0.1) is 0 Å². The first-order valence-corrected chi connectivity index (χ1v) is 5.47. The highest BCUT2D eigenvalue weighted by atomic mass is 16.5. The molecule has 0 saturated heterocycles. The van der Waals surface area contributed by atoms with E-state index in [0.717, 1.165) is 17.2 Å². The maximum absolute atomic E-state index is 10.9. The van der Waals surface area contributed by atoms with E-state index in [1.807, 2.05) is 24.3 Å². The van der Waals surface area contributed by atoms with Crippen molar-refractivity contribution in [2.24, 2.45) is 0 Å². The summed E-state index contributed by atoms with van der Waals surface area (Å²) in [5.41, 5.74) is 1.88. The fourth-order valence-corrected chi connectivity index (χ4v) is 1.26. The van der Waals surface area contributed by atoms with Crippen LogP contribution in [0.3, 0.4) is 0 Å². The first kappa shape index (κ1) is 13.8. The molecule has 0 fully saturated rings. The van der Waals surface area contributed by atoms with E-state index in [2.05, 4.69) is 19.7 Å². The van der Waals surface area contributed by atoms with E-state index >= 15 is 0 Å². The largest absolute Gasteiger partial charge is 0.490 e. The summed E-state index contributed by atoms with van der Waals surface area (Å²) in [4.78, 5) is 10.9. The van der Waals surface area contributed by atoms with E-state index in [4.69, 9.17) is 9.47 Å². The Balaban J connectivity index is 2.56. The number of esters is 1. The van der Waals surface area contributed by atoms with E-state index < -0.39 is 5.97 Å². The fourth-order valence-electron chi connectivity index (χ4n) is 1.26. The highest BCUT2D eigenvalue weighted by molar-refractivity contribution is 5.81. The van der Waals surface area contributed by atoms with Crippen molar-refractivity contribution in [1.29, 1.82) is 0 Å². The molecule has 0 bridgehead atoms. The van der Waals surface area contributed by atoms with E-state index in [0.29, 0.717) is 12.4 Å². The van der Waals surface area contributed by atoms with Gasteiger partial charge < -0.3 is 9.47 Å². The fraction of sp³-hybridized carbons (Fsp3) is 0.133. The molecule has 18 heavy (non-hydrogen) atoms. The van der Waals surface area contributed by atoms with Crippen molar-refractivity contribution >= 4 is 5.97 Å². The number of benzene rings is 1. The quantitative estimate of drug-likeness (QED) is 0.320. The molecule has 0 N–H and O–H groups in total. The third kappa shape index (κ3) is 4.70. The molecule has 0 aromatic heterocycles. The van der Waals surface area contributed by atoms with Gasteiger partial charge in [0, 0.05) is 6.08 Å². The molecular formula is C15H16O3. The minimum absolute atomic E-state index is 0.223. The second-order valence-corrected chi connectivity index (χ2v) is 3.59. The van der Waals surface area contributed by atoms with Crippen LogP contribution in [-0.2, 0) is 27.5 Å². The van der Waals surface area contributed by atoms with Crippen LogP contribution >= 0.6 is 0 Å². The Morgan fingerprint density at radius 2 is 1.72 bits per heavy atom. The number of carbonyl (C=O) groups excluding carboxylic acids is 1. The lowest BCUT2D eigenvalue weighted by Crippen LogP contribution is -2.01. The molecule has 1 aromatic rings. The zero-order chi connectivity index (χ0) is 13.4. The molecule has 0 aliphatic carbocycles. The van der Waals surface area contributed by atoms with Gasteiger partial charge in [-0.2, -0.15) is 0 Å². The summed E-state index contributed by atoms with van der Waals surface area (Å²) < 4.78 is 10.3. The van der Waals surface area contributed by atoms with Gasteiger partial charge in [0.2, 0.25) is 0 Å². The van der Waals surface area contributed by atoms with Gasteiger partial charge in [-0.3, -0.25) is 0 Å². The molecule has 0 saturated carbocycles. The topological polar surface area (TPSA) is 35.5 Å². The Morgan fingerprint density at radius 3 is 2.28 bits per heavy atom. The lowest BCUT2D eigenvalue weighted by atomic mass is 10.1. The van der Waals surface area contributed by atoms with Gasteiger partial charge >= 0.3 is 5.97 Å². The number of allylic oxidation sites excluding steroid dienone is 1. The van der Waals surface area contributed by atoms with Gasteiger partial charge in [-0.1, -0.05) is 37.9 Å². The number of carbonyl (C=O) groups is 1. The third-order valence-corrected chi connectivity index (χ3v) is 2.19. The van der Waals surface area contributed by atoms with Crippen LogP contribution in [0.15, 0.2) is 61.9 Å². The number of ether oxygens (including phenoxy) is 2. The average Bonchev–Trinajstić information content (AvgIpc) is 2.42. The Morgan fingerprint density at radius 1 is 1.11 bits per heavy atom. The van der Waals surface area contributed by atoms with Crippen molar-refractivity contribution < 1.29 is 14.3 Å². The van der Waals surface area contributed by atoms with Crippen molar-refractivity contribution in [3.63, 3.8) is 0 Å². The zero-order valence-corrected chi connectivity index (χ0v) is 10.2. The number of hydrogen-bond acceptors (Lipinski definition) is 3. The number of hydrogen-bond donors (Lipinski definition) is 0. The van der Waals surface area contributed by atoms with E-state index in [1.54, 1.807) is 6.08 Å². The lowest BCUT2D eigenvalue weighted by Gasteiger charge is -2.07. The molecule has 0 atom stereocenters. The van der Waals surface area contributed by atoms with Crippen molar-refractivity contribution in [1.82, 2.24) is 0 Å². The van der Waals surface area contributed by atoms with Gasteiger partial charge in [0.25, 0.3) is 0 Å². The molecule has 94 valence electrons. The van der Waals surface area contributed by atoms with Crippen LogP contribution in [0.2, 0.25) is 0 Å². The van der Waals surface area contributed by atoms with Gasteiger partial charge in [0.05, 0.1) is 0 Å². The van der Waals surface area contributed by atoms with Gasteiger partial charge in [-0.25, -0.2) is 4.79 Å². The normalized spacial score (nSPS) is 9.33. The second-order valence-electron chi connectivity index (χ2n) is 3.59. The zero-order valence-electron chi connectivity index (χ0n) is 10.2. The van der Waals surface area contributed by atoms with Crippen molar-refractivity contribution in [3.05, 3.63) is 73.0 Å². The standard InChI is InChI=1S/C15H16O3/c1-4-12(3)17-10-13-7-6-8-14(9-13)11-18-15(16)5-2/h4-9H,1-3,10-11H2. The minimum atomic E-state index is -0.434. The average molecular weight is 244 g/mol. The van der Waals surface area contributed by atoms with E-state index in [-0.39, 0.29) is 6.61 Å². The summed E-state index contributed by atoms with van der Waals surface area (Å²) >= 11 is 0. The van der Waals surface area contributed by atoms with E-state index in [1.165, 1.54) is 0 Å². The highest BCUT2D eigenvalue weighted by Gasteiger charge is 2.00. The van der Waals surface area contributed by atoms with Gasteiger partial charge in [-0.05, 0) is 23.3 Å². The summed E-state index contributed by atoms with van der Waals surface area (Å²) in [5, 5.41) is 0. The lowest BCUT2D eigenvalue weighted by molar-refractivity contribution is -0.138.